The molecule has 0 saturated heterocycles. The Bertz CT molecular complexity index is 891. The minimum atomic E-state index is -0.947. The van der Waals surface area contributed by atoms with Gasteiger partial charge in [-0.25, -0.2) is 9.78 Å². The largest absolute Gasteiger partial charge is 0.481 e. The van der Waals surface area contributed by atoms with E-state index in [9.17, 15) is 24.6 Å². The molecule has 4 saturated carbocycles. The second-order valence-corrected chi connectivity index (χ2v) is 13.2. The number of rotatable bonds is 14. The Morgan fingerprint density at radius 3 is 1.88 bits per heavy atom. The Morgan fingerprint density at radius 1 is 0.628 bits per heavy atom. The van der Waals surface area contributed by atoms with E-state index < -0.39 is 23.8 Å². The third kappa shape index (κ3) is 10.1. The molecular weight excluding hydrogens is 564 g/mol. The number of hydrogen-bond acceptors (Lipinski definition) is 10. The molecule has 4 rings (SSSR count). The molecule has 4 aliphatic carbocycles. The molecule has 246 valence electrons. The lowest BCUT2D eigenvalue weighted by atomic mass is 9.73. The molecule has 0 heterocycles. The van der Waals surface area contributed by atoms with E-state index in [1.807, 2.05) is 0 Å². The summed E-state index contributed by atoms with van der Waals surface area (Å²) in [6.45, 7) is 0.675. The second kappa shape index (κ2) is 17.0. The minimum absolute atomic E-state index is 0.00632. The first-order valence-electron chi connectivity index (χ1n) is 16.1. The fraction of sp³-hybridized carbons (Fsp3) is 0.900. The molecule has 4 aliphatic rings. The highest BCUT2D eigenvalue weighted by Gasteiger charge is 2.40. The van der Waals surface area contributed by atoms with Crippen LogP contribution in [0.1, 0.15) is 89.9 Å². The number of carboxylic acids is 2. The van der Waals surface area contributed by atoms with Crippen LogP contribution < -0.4 is 10.8 Å². The maximum absolute atomic E-state index is 13.0. The highest BCUT2D eigenvalue weighted by atomic mass is 17.1. The van der Waals surface area contributed by atoms with E-state index >= 15 is 0 Å². The van der Waals surface area contributed by atoms with Gasteiger partial charge in [0.05, 0.1) is 49.8 Å². The number of amides is 1. The SMILES string of the molecule is O=C(O)C1CCC(COO)C(CONC2CCC(OC3CCC(NC(=O)C4CC(COO)CCC4C(=O)O)CC3)CC2)C1. The van der Waals surface area contributed by atoms with Crippen LogP contribution in [0.4, 0.5) is 0 Å². The van der Waals surface area contributed by atoms with Gasteiger partial charge in [0.25, 0.3) is 0 Å². The Balaban J connectivity index is 1.12. The number of carbonyl (C=O) groups excluding carboxylic acids is 1. The topological polar surface area (TPSA) is 193 Å². The van der Waals surface area contributed by atoms with Gasteiger partial charge in [-0.15, -0.1) is 0 Å². The zero-order chi connectivity index (χ0) is 30.8. The van der Waals surface area contributed by atoms with Crippen molar-refractivity contribution in [3.8, 4) is 0 Å². The van der Waals surface area contributed by atoms with Gasteiger partial charge in [0.1, 0.15) is 0 Å². The Hall–Kier alpha value is -1.87. The number of carboxylic acid groups (broad SMARTS) is 2. The molecule has 1 amide bonds. The summed E-state index contributed by atoms with van der Waals surface area (Å²) in [4.78, 5) is 50.7. The van der Waals surface area contributed by atoms with E-state index in [2.05, 4.69) is 20.6 Å². The summed E-state index contributed by atoms with van der Waals surface area (Å²) in [7, 11) is 0. The van der Waals surface area contributed by atoms with Gasteiger partial charge in [0.2, 0.25) is 5.91 Å². The number of aliphatic carboxylic acids is 2. The number of ether oxygens (including phenoxy) is 1. The number of carbonyl (C=O) groups is 3. The van der Waals surface area contributed by atoms with E-state index in [0.29, 0.717) is 45.1 Å². The summed E-state index contributed by atoms with van der Waals surface area (Å²) in [6, 6.07) is 0.210. The average molecular weight is 615 g/mol. The number of hydrogen-bond donors (Lipinski definition) is 6. The van der Waals surface area contributed by atoms with Gasteiger partial charge in [-0.1, -0.05) is 0 Å². The Labute approximate surface area is 252 Å². The second-order valence-electron chi connectivity index (χ2n) is 13.2. The maximum Gasteiger partial charge on any atom is 0.307 e. The molecule has 0 aromatic carbocycles. The maximum atomic E-state index is 13.0. The average Bonchev–Trinajstić information content (AvgIpc) is 3.00. The van der Waals surface area contributed by atoms with Crippen molar-refractivity contribution in [2.75, 3.05) is 19.8 Å². The monoisotopic (exact) mass is 614 g/mol. The quantitative estimate of drug-likeness (QED) is 0.123. The first-order chi connectivity index (χ1) is 20.8. The highest BCUT2D eigenvalue weighted by Crippen LogP contribution is 2.36. The first kappa shape index (κ1) is 34.0. The molecule has 0 aromatic heterocycles. The van der Waals surface area contributed by atoms with Crippen LogP contribution in [0.15, 0.2) is 0 Å². The van der Waals surface area contributed by atoms with E-state index in [0.717, 1.165) is 51.4 Å². The third-order valence-electron chi connectivity index (χ3n) is 10.3. The van der Waals surface area contributed by atoms with Gasteiger partial charge in [-0.05, 0) is 108 Å². The highest BCUT2D eigenvalue weighted by molar-refractivity contribution is 5.85. The van der Waals surface area contributed by atoms with E-state index in [-0.39, 0.29) is 67.1 Å². The summed E-state index contributed by atoms with van der Waals surface area (Å²) in [5, 5.41) is 39.8. The van der Waals surface area contributed by atoms with Crippen LogP contribution in [0.25, 0.3) is 0 Å². The molecule has 43 heavy (non-hydrogen) atoms. The fourth-order valence-electron chi connectivity index (χ4n) is 7.68. The van der Waals surface area contributed by atoms with E-state index in [1.54, 1.807) is 0 Å². The van der Waals surface area contributed by atoms with Crippen molar-refractivity contribution in [1.82, 2.24) is 10.8 Å². The van der Waals surface area contributed by atoms with Gasteiger partial charge in [-0.3, -0.25) is 24.9 Å². The van der Waals surface area contributed by atoms with Crippen LogP contribution in [0.5, 0.6) is 0 Å². The van der Waals surface area contributed by atoms with Gasteiger partial charge >= 0.3 is 11.9 Å². The summed E-state index contributed by atoms with van der Waals surface area (Å²) in [6.07, 6.45) is 10.5. The molecule has 13 nitrogen and oxygen atoms in total. The molecule has 0 bridgehead atoms. The van der Waals surface area contributed by atoms with E-state index in [4.69, 9.17) is 20.1 Å². The number of nitrogens with one attached hydrogen (secondary N) is 2. The molecule has 6 unspecified atom stereocenters. The van der Waals surface area contributed by atoms with Crippen molar-refractivity contribution in [2.24, 2.45) is 35.5 Å². The Morgan fingerprint density at radius 2 is 1.28 bits per heavy atom. The molecule has 0 spiro atoms. The zero-order valence-electron chi connectivity index (χ0n) is 24.9. The van der Waals surface area contributed by atoms with Gasteiger partial charge in [0.15, 0.2) is 0 Å². The van der Waals surface area contributed by atoms with Crippen molar-refractivity contribution >= 4 is 17.8 Å². The molecule has 6 atom stereocenters. The van der Waals surface area contributed by atoms with Crippen molar-refractivity contribution in [2.45, 2.75) is 114 Å². The van der Waals surface area contributed by atoms with Gasteiger partial charge < -0.3 is 25.1 Å². The summed E-state index contributed by atoms with van der Waals surface area (Å²) < 4.78 is 6.42. The van der Waals surface area contributed by atoms with Crippen molar-refractivity contribution < 1.29 is 54.5 Å². The molecule has 6 N–H and O–H groups in total. The lowest BCUT2D eigenvalue weighted by Crippen LogP contribution is -2.47. The van der Waals surface area contributed by atoms with Gasteiger partial charge in [0, 0.05) is 12.1 Å². The normalized spacial score (nSPS) is 37.0. The zero-order valence-corrected chi connectivity index (χ0v) is 24.9. The van der Waals surface area contributed by atoms with Crippen molar-refractivity contribution in [1.29, 1.82) is 0 Å². The lowest BCUT2D eigenvalue weighted by molar-refractivity contribution is -0.257. The summed E-state index contributed by atoms with van der Waals surface area (Å²) in [5.41, 5.74) is 3.17. The van der Waals surface area contributed by atoms with Crippen LogP contribution in [0, 0.1) is 35.5 Å². The van der Waals surface area contributed by atoms with Gasteiger partial charge in [-0.2, -0.15) is 5.48 Å². The molecule has 0 aliphatic heterocycles. The predicted octanol–water partition coefficient (Wildman–Crippen LogP) is 3.48. The molecular formula is C30H50N2O11. The smallest absolute Gasteiger partial charge is 0.307 e. The Kier molecular flexibility index (Phi) is 13.4. The summed E-state index contributed by atoms with van der Waals surface area (Å²) in [5.74, 6) is -3.60. The molecule has 4 fully saturated rings. The van der Waals surface area contributed by atoms with Crippen LogP contribution in [0.2, 0.25) is 0 Å². The number of hydroxylamine groups is 1. The predicted molar refractivity (Wildman–Crippen MR) is 151 cm³/mol. The van der Waals surface area contributed by atoms with Crippen LogP contribution in [-0.2, 0) is 33.7 Å². The first-order valence-corrected chi connectivity index (χ1v) is 16.1. The summed E-state index contributed by atoms with van der Waals surface area (Å²) >= 11 is 0. The molecule has 0 radical (unpaired) electrons. The molecule has 13 heteroatoms. The molecule has 0 aromatic rings. The van der Waals surface area contributed by atoms with Crippen molar-refractivity contribution in [3.63, 3.8) is 0 Å². The van der Waals surface area contributed by atoms with Crippen LogP contribution in [-0.4, -0.2) is 82.7 Å². The van der Waals surface area contributed by atoms with Crippen LogP contribution >= 0.6 is 0 Å². The fourth-order valence-corrected chi connectivity index (χ4v) is 7.68. The minimum Gasteiger partial charge on any atom is -0.481 e. The van der Waals surface area contributed by atoms with Crippen LogP contribution in [0.3, 0.4) is 0 Å². The van der Waals surface area contributed by atoms with Crippen molar-refractivity contribution in [3.05, 3.63) is 0 Å². The third-order valence-corrected chi connectivity index (χ3v) is 10.3. The lowest BCUT2D eigenvalue weighted by Gasteiger charge is -2.37. The standard InChI is InChI=1S/C30H50N2O11/c33-28(27-13-18(15-41-38)1-12-26(27)30(36)37)31-22-4-8-24(9-5-22)43-25-10-6-23(7-11-25)32-40-16-21-14-19(29(34)35)2-3-20(21)17-42-39/h18-27,32,38-39H,1-17H2,(H,31,33)(H,34,35)(H,36,37). The van der Waals surface area contributed by atoms with E-state index in [1.165, 1.54) is 0 Å².